The van der Waals surface area contributed by atoms with E-state index in [4.69, 9.17) is 18.9 Å². The molecule has 0 aromatic heterocycles. The number of aliphatic hydroxyl groups excluding tert-OH is 1. The molecule has 4 unspecified atom stereocenters. The largest absolute Gasteiger partial charge is 0.466 e. The standard InChI is InChI=1S/C75H138N2O9/c1-63(2)37-33-41-67(9)49-57-83-72(79)45-25-17-13-21-29-53-76(54-30-22-14-18-26-46-73(80)84-58-50-68(10)42-34-38-64(3)4)61-71(78)62-77(55-31-23-15-19-27-47-74(81)85-59-51-69(11)43-35-39-65(5)6)56-32-24-16-20-28-48-75(82)86-60-52-70(12)44-36-40-66(7)8/h37-40,67-71,78H,13-36,41-62H2,1-12H3. The van der Waals surface area contributed by atoms with Crippen molar-refractivity contribution in [3.05, 3.63) is 46.6 Å². The first kappa shape index (κ1) is 82.7. The molecule has 0 aromatic rings. The minimum absolute atomic E-state index is 0.0745. The molecular weight excluding hydrogens is 1070 g/mol. The normalized spacial score (nSPS) is 13.2. The Hall–Kier alpha value is -3.28. The van der Waals surface area contributed by atoms with Gasteiger partial charge < -0.3 is 33.9 Å². The topological polar surface area (TPSA) is 132 Å². The Kier molecular flexibility index (Phi) is 55.9. The van der Waals surface area contributed by atoms with Gasteiger partial charge in [-0.05, 0) is 234 Å². The second-order valence-corrected chi connectivity index (χ2v) is 27.2. The molecule has 0 saturated carbocycles. The maximum Gasteiger partial charge on any atom is 0.305 e. The van der Waals surface area contributed by atoms with E-state index in [-0.39, 0.29) is 23.9 Å². The SMILES string of the molecule is CC(C)=CCCC(C)CCOC(=O)CCCCCCCN(CCCCCCCC(=O)OCCC(C)CCC=C(C)C)CC(O)CN(CCCCCCCC(=O)OCCC(C)CCC=C(C)C)CCCCCCCC(=O)OCCC(C)CCC=C(C)C. The lowest BCUT2D eigenvalue weighted by Gasteiger charge is -2.29. The van der Waals surface area contributed by atoms with Crippen molar-refractivity contribution >= 4 is 23.9 Å². The molecule has 1 N–H and O–H groups in total. The fraction of sp³-hybridized carbons (Fsp3) is 0.840. The molecule has 11 nitrogen and oxygen atoms in total. The minimum Gasteiger partial charge on any atom is -0.466 e. The van der Waals surface area contributed by atoms with Crippen molar-refractivity contribution in [1.29, 1.82) is 0 Å². The number of carbonyl (C=O) groups is 4. The number of carbonyl (C=O) groups excluding carboxylic acids is 4. The van der Waals surface area contributed by atoms with Crippen LogP contribution in [0.2, 0.25) is 0 Å². The molecule has 0 bridgehead atoms. The van der Waals surface area contributed by atoms with Crippen LogP contribution in [0.15, 0.2) is 46.6 Å². The smallest absolute Gasteiger partial charge is 0.305 e. The van der Waals surface area contributed by atoms with Crippen LogP contribution in [0.3, 0.4) is 0 Å². The van der Waals surface area contributed by atoms with Gasteiger partial charge in [-0.3, -0.25) is 19.2 Å². The van der Waals surface area contributed by atoms with Crippen molar-refractivity contribution in [2.45, 2.75) is 320 Å². The van der Waals surface area contributed by atoms with Crippen molar-refractivity contribution in [1.82, 2.24) is 9.80 Å². The fourth-order valence-corrected chi connectivity index (χ4v) is 10.8. The van der Waals surface area contributed by atoms with E-state index >= 15 is 0 Å². The number of ether oxygens (including phenoxy) is 4. The number of hydrogen-bond donors (Lipinski definition) is 1. The lowest BCUT2D eigenvalue weighted by atomic mass is 10.0. The van der Waals surface area contributed by atoms with Crippen LogP contribution in [0, 0.1) is 23.7 Å². The molecule has 0 spiro atoms. The van der Waals surface area contributed by atoms with E-state index in [0.717, 1.165) is 232 Å². The average Bonchev–Trinajstić information content (AvgIpc) is 3.50. The van der Waals surface area contributed by atoms with Gasteiger partial charge in [0.25, 0.3) is 0 Å². The van der Waals surface area contributed by atoms with Gasteiger partial charge in [-0.1, -0.05) is 151 Å². The van der Waals surface area contributed by atoms with E-state index in [1.807, 2.05) is 0 Å². The second-order valence-electron chi connectivity index (χ2n) is 27.2. The number of unbranched alkanes of at least 4 members (excludes halogenated alkanes) is 16. The molecule has 0 amide bonds. The molecule has 0 heterocycles. The summed E-state index contributed by atoms with van der Waals surface area (Å²) in [7, 11) is 0. The lowest BCUT2D eigenvalue weighted by molar-refractivity contribution is -0.145. The number of rotatable bonds is 60. The maximum absolute atomic E-state index is 12.5. The van der Waals surface area contributed by atoms with Crippen LogP contribution < -0.4 is 0 Å². The summed E-state index contributed by atoms with van der Waals surface area (Å²) in [6.45, 7) is 33.1. The summed E-state index contributed by atoms with van der Waals surface area (Å²) in [6, 6.07) is 0. The van der Waals surface area contributed by atoms with Gasteiger partial charge in [0.15, 0.2) is 0 Å². The number of hydrogen-bond acceptors (Lipinski definition) is 11. The zero-order chi connectivity index (χ0) is 63.8. The first-order valence-electron chi connectivity index (χ1n) is 35.5. The summed E-state index contributed by atoms with van der Waals surface area (Å²) >= 11 is 0. The van der Waals surface area contributed by atoms with Crippen molar-refractivity contribution in [2.24, 2.45) is 23.7 Å². The van der Waals surface area contributed by atoms with Gasteiger partial charge in [0.2, 0.25) is 0 Å². The van der Waals surface area contributed by atoms with Gasteiger partial charge >= 0.3 is 23.9 Å². The Morgan fingerprint density at radius 2 is 0.512 bits per heavy atom. The third-order valence-corrected chi connectivity index (χ3v) is 16.7. The van der Waals surface area contributed by atoms with Crippen molar-refractivity contribution < 1.29 is 43.2 Å². The molecule has 0 aliphatic rings. The van der Waals surface area contributed by atoms with Crippen LogP contribution in [0.25, 0.3) is 0 Å². The number of nitrogens with zero attached hydrogens (tertiary/aromatic N) is 2. The van der Waals surface area contributed by atoms with E-state index < -0.39 is 6.10 Å². The molecule has 502 valence electrons. The van der Waals surface area contributed by atoms with Crippen LogP contribution in [0.5, 0.6) is 0 Å². The highest BCUT2D eigenvalue weighted by molar-refractivity contribution is 5.70. The monoisotopic (exact) mass is 1210 g/mol. The highest BCUT2D eigenvalue weighted by Gasteiger charge is 2.17. The molecule has 0 saturated heterocycles. The Morgan fingerprint density at radius 1 is 0.314 bits per heavy atom. The molecule has 0 aliphatic heterocycles. The van der Waals surface area contributed by atoms with E-state index in [2.05, 4.69) is 117 Å². The molecule has 0 rings (SSSR count). The van der Waals surface area contributed by atoms with Crippen LogP contribution in [0.4, 0.5) is 0 Å². The van der Waals surface area contributed by atoms with E-state index in [9.17, 15) is 24.3 Å². The summed E-state index contributed by atoms with van der Waals surface area (Å²) in [6.07, 6.45) is 43.5. The second kappa shape index (κ2) is 58.1. The number of esters is 4. The summed E-state index contributed by atoms with van der Waals surface area (Å²) < 4.78 is 22.4. The predicted octanol–water partition coefficient (Wildman–Crippen LogP) is 19.6. The summed E-state index contributed by atoms with van der Waals surface area (Å²) in [5.74, 6) is 1.87. The summed E-state index contributed by atoms with van der Waals surface area (Å²) in [4.78, 5) is 54.9. The number of aliphatic hydroxyl groups is 1. The van der Waals surface area contributed by atoms with Crippen LogP contribution >= 0.6 is 0 Å². The molecule has 11 heteroatoms. The zero-order valence-corrected chi connectivity index (χ0v) is 58.3. The summed E-state index contributed by atoms with van der Waals surface area (Å²) in [5, 5.41) is 11.8. The molecule has 86 heavy (non-hydrogen) atoms. The van der Waals surface area contributed by atoms with Gasteiger partial charge in [-0.15, -0.1) is 0 Å². The van der Waals surface area contributed by atoms with Crippen molar-refractivity contribution in [3.8, 4) is 0 Å². The Morgan fingerprint density at radius 3 is 0.721 bits per heavy atom. The van der Waals surface area contributed by atoms with Gasteiger partial charge in [0, 0.05) is 38.8 Å². The first-order valence-corrected chi connectivity index (χ1v) is 35.5. The third kappa shape index (κ3) is 59.7. The van der Waals surface area contributed by atoms with E-state index in [0.29, 0.717) is 88.9 Å². The predicted molar refractivity (Wildman–Crippen MR) is 363 cm³/mol. The molecular formula is C75H138N2O9. The van der Waals surface area contributed by atoms with E-state index in [1.165, 1.54) is 22.3 Å². The Bertz CT molecular complexity index is 1530. The minimum atomic E-state index is -0.467. The van der Waals surface area contributed by atoms with E-state index in [1.54, 1.807) is 0 Å². The number of allylic oxidation sites excluding steroid dienone is 8. The Labute approximate surface area is 530 Å². The fourth-order valence-electron chi connectivity index (χ4n) is 10.8. The third-order valence-electron chi connectivity index (χ3n) is 16.7. The quantitative estimate of drug-likeness (QED) is 0.0270. The summed E-state index contributed by atoms with van der Waals surface area (Å²) in [5.41, 5.74) is 5.41. The molecule has 0 radical (unpaired) electrons. The van der Waals surface area contributed by atoms with Crippen molar-refractivity contribution in [3.63, 3.8) is 0 Å². The molecule has 4 atom stereocenters. The van der Waals surface area contributed by atoms with Crippen molar-refractivity contribution in [2.75, 3.05) is 65.7 Å². The van der Waals surface area contributed by atoms with Gasteiger partial charge in [0.05, 0.1) is 32.5 Å². The first-order chi connectivity index (χ1) is 41.2. The highest BCUT2D eigenvalue weighted by Crippen LogP contribution is 2.19. The van der Waals surface area contributed by atoms with Gasteiger partial charge in [-0.25, -0.2) is 0 Å². The maximum atomic E-state index is 12.5. The lowest BCUT2D eigenvalue weighted by Crippen LogP contribution is -2.41. The average molecular weight is 1210 g/mol. The highest BCUT2D eigenvalue weighted by atomic mass is 16.5. The molecule has 0 aliphatic carbocycles. The van der Waals surface area contributed by atoms with Crippen LogP contribution in [-0.2, 0) is 38.1 Å². The van der Waals surface area contributed by atoms with Gasteiger partial charge in [0.1, 0.15) is 0 Å². The van der Waals surface area contributed by atoms with Gasteiger partial charge in [-0.2, -0.15) is 0 Å². The molecule has 0 fully saturated rings. The molecule has 0 aromatic carbocycles. The zero-order valence-electron chi connectivity index (χ0n) is 58.3. The Balaban J connectivity index is 5.37. The van der Waals surface area contributed by atoms with Crippen LogP contribution in [0.1, 0.15) is 314 Å². The van der Waals surface area contributed by atoms with Crippen LogP contribution in [-0.4, -0.2) is 111 Å².